The van der Waals surface area contributed by atoms with Gasteiger partial charge in [-0.05, 0) is 12.5 Å². The van der Waals surface area contributed by atoms with Crippen molar-refractivity contribution in [3.05, 3.63) is 18.0 Å². The first kappa shape index (κ1) is 13.7. The number of carboxylic acids is 2. The number of aliphatic carboxylic acids is 2. The van der Waals surface area contributed by atoms with Crippen molar-refractivity contribution in [2.24, 2.45) is 7.05 Å². The Hall–Kier alpha value is -2.38. The molecule has 0 aliphatic heterocycles. The summed E-state index contributed by atoms with van der Waals surface area (Å²) in [6.07, 6.45) is 1.03. The molecule has 0 saturated heterocycles. The molecule has 0 aromatic carbocycles. The van der Waals surface area contributed by atoms with Crippen molar-refractivity contribution in [3.63, 3.8) is 0 Å². The Labute approximate surface area is 102 Å². The summed E-state index contributed by atoms with van der Waals surface area (Å²) < 4.78 is 1.40. The number of nitrogens with zero attached hydrogens (tertiary/aromatic N) is 2. The number of rotatable bonds is 6. The van der Waals surface area contributed by atoms with E-state index in [4.69, 9.17) is 10.2 Å². The number of hydrogen-bond donors (Lipinski definition) is 3. The molecule has 0 saturated carbocycles. The Morgan fingerprint density at radius 3 is 2.56 bits per heavy atom. The average Bonchev–Trinajstić information content (AvgIpc) is 2.70. The molecule has 1 rings (SSSR count). The van der Waals surface area contributed by atoms with Crippen LogP contribution in [0.25, 0.3) is 0 Å². The topological polar surface area (TPSA) is 122 Å². The molecule has 0 bridgehead atoms. The first-order valence-electron chi connectivity index (χ1n) is 5.15. The Bertz CT molecular complexity index is 468. The van der Waals surface area contributed by atoms with Gasteiger partial charge in [-0.2, -0.15) is 5.10 Å². The zero-order chi connectivity index (χ0) is 13.7. The van der Waals surface area contributed by atoms with E-state index in [9.17, 15) is 14.4 Å². The minimum atomic E-state index is -1.28. The van der Waals surface area contributed by atoms with Crippen molar-refractivity contribution >= 4 is 17.8 Å². The van der Waals surface area contributed by atoms with Crippen molar-refractivity contribution in [2.45, 2.75) is 18.9 Å². The highest BCUT2D eigenvalue weighted by Gasteiger charge is 2.22. The minimum absolute atomic E-state index is 0.0825. The van der Waals surface area contributed by atoms with Gasteiger partial charge in [0.25, 0.3) is 5.91 Å². The summed E-state index contributed by atoms with van der Waals surface area (Å²) >= 11 is 0. The number of carbonyl (C=O) groups is 3. The summed E-state index contributed by atoms with van der Waals surface area (Å²) in [5, 5.41) is 23.4. The highest BCUT2D eigenvalue weighted by Crippen LogP contribution is 2.01. The first-order chi connectivity index (χ1) is 8.40. The van der Waals surface area contributed by atoms with E-state index in [-0.39, 0.29) is 18.5 Å². The van der Waals surface area contributed by atoms with Crippen molar-refractivity contribution < 1.29 is 24.6 Å². The predicted molar refractivity (Wildman–Crippen MR) is 59.0 cm³/mol. The summed E-state index contributed by atoms with van der Waals surface area (Å²) in [6, 6.07) is 0.196. The highest BCUT2D eigenvalue weighted by atomic mass is 16.4. The summed E-state index contributed by atoms with van der Waals surface area (Å²) in [6.45, 7) is 0. The highest BCUT2D eigenvalue weighted by molar-refractivity contribution is 5.94. The van der Waals surface area contributed by atoms with Gasteiger partial charge in [-0.1, -0.05) is 0 Å². The van der Waals surface area contributed by atoms with Gasteiger partial charge in [0, 0.05) is 19.7 Å². The Morgan fingerprint density at radius 1 is 1.44 bits per heavy atom. The van der Waals surface area contributed by atoms with Crippen LogP contribution in [0.1, 0.15) is 23.3 Å². The maximum atomic E-state index is 11.6. The summed E-state index contributed by atoms with van der Waals surface area (Å²) in [7, 11) is 1.62. The molecule has 0 spiro atoms. The van der Waals surface area contributed by atoms with E-state index in [0.29, 0.717) is 0 Å². The number of nitrogens with one attached hydrogen (secondary N) is 1. The number of amides is 1. The van der Waals surface area contributed by atoms with Crippen molar-refractivity contribution in [3.8, 4) is 0 Å². The van der Waals surface area contributed by atoms with E-state index in [1.54, 1.807) is 13.2 Å². The summed E-state index contributed by atoms with van der Waals surface area (Å²) in [4.78, 5) is 32.8. The van der Waals surface area contributed by atoms with E-state index in [1.165, 1.54) is 10.7 Å². The molecule has 8 heteroatoms. The number of aromatic nitrogens is 2. The number of aryl methyl sites for hydroxylation is 1. The quantitative estimate of drug-likeness (QED) is 0.628. The van der Waals surface area contributed by atoms with Crippen LogP contribution in [0.15, 0.2) is 12.3 Å². The zero-order valence-corrected chi connectivity index (χ0v) is 9.66. The van der Waals surface area contributed by atoms with Gasteiger partial charge < -0.3 is 15.5 Å². The smallest absolute Gasteiger partial charge is 0.326 e. The van der Waals surface area contributed by atoms with Crippen molar-refractivity contribution in [1.82, 2.24) is 15.1 Å². The van der Waals surface area contributed by atoms with Crippen LogP contribution >= 0.6 is 0 Å². The van der Waals surface area contributed by atoms with Crippen LogP contribution in [0.3, 0.4) is 0 Å². The minimum Gasteiger partial charge on any atom is -0.481 e. The van der Waals surface area contributed by atoms with Crippen LogP contribution in [0, 0.1) is 0 Å². The maximum Gasteiger partial charge on any atom is 0.326 e. The van der Waals surface area contributed by atoms with Crippen LogP contribution in [0.5, 0.6) is 0 Å². The van der Waals surface area contributed by atoms with Gasteiger partial charge in [0.05, 0.1) is 0 Å². The fraction of sp³-hybridized carbons (Fsp3) is 0.400. The molecule has 1 heterocycles. The average molecular weight is 255 g/mol. The lowest BCUT2D eigenvalue weighted by atomic mass is 10.1. The van der Waals surface area contributed by atoms with E-state index >= 15 is 0 Å². The normalized spacial score (nSPS) is 11.8. The lowest BCUT2D eigenvalue weighted by Crippen LogP contribution is -2.41. The van der Waals surface area contributed by atoms with Crippen LogP contribution < -0.4 is 5.32 Å². The Morgan fingerprint density at radius 2 is 2.11 bits per heavy atom. The molecule has 18 heavy (non-hydrogen) atoms. The zero-order valence-electron chi connectivity index (χ0n) is 9.66. The SMILES string of the molecule is Cn1ccc(C(=O)N[C@@H](CCC(=O)O)C(=O)O)n1. The number of hydrogen-bond acceptors (Lipinski definition) is 4. The lowest BCUT2D eigenvalue weighted by Gasteiger charge is -2.12. The molecule has 0 radical (unpaired) electrons. The largest absolute Gasteiger partial charge is 0.481 e. The van der Waals surface area contributed by atoms with Crippen molar-refractivity contribution in [2.75, 3.05) is 0 Å². The third kappa shape index (κ3) is 3.89. The predicted octanol–water partition coefficient (Wildman–Crippen LogP) is -0.532. The van der Waals surface area contributed by atoms with E-state index in [1.807, 2.05) is 0 Å². The molecule has 3 N–H and O–H groups in total. The molecule has 1 aromatic heterocycles. The molecule has 1 aromatic rings. The van der Waals surface area contributed by atoms with Gasteiger partial charge in [0.1, 0.15) is 11.7 Å². The van der Waals surface area contributed by atoms with Crippen LogP contribution in [-0.2, 0) is 16.6 Å². The summed E-state index contributed by atoms with van der Waals surface area (Å²) in [5.74, 6) is -3.04. The van der Waals surface area contributed by atoms with E-state index in [2.05, 4.69) is 10.4 Å². The Kier molecular flexibility index (Phi) is 4.41. The molecule has 0 aliphatic rings. The second-order valence-electron chi connectivity index (χ2n) is 3.67. The fourth-order valence-corrected chi connectivity index (χ4v) is 1.29. The first-order valence-corrected chi connectivity index (χ1v) is 5.15. The molecule has 1 atom stereocenters. The maximum absolute atomic E-state index is 11.6. The van der Waals surface area contributed by atoms with Crippen LogP contribution in [0.4, 0.5) is 0 Å². The van der Waals surface area contributed by atoms with Gasteiger partial charge in [-0.15, -0.1) is 0 Å². The second kappa shape index (κ2) is 5.80. The molecule has 1 amide bonds. The van der Waals surface area contributed by atoms with Crippen LogP contribution in [-0.4, -0.2) is 43.9 Å². The molecule has 0 unspecified atom stereocenters. The summed E-state index contributed by atoms with van der Waals surface area (Å²) in [5.41, 5.74) is 0.0825. The van der Waals surface area contributed by atoms with Gasteiger partial charge in [0.2, 0.25) is 0 Å². The lowest BCUT2D eigenvalue weighted by molar-refractivity contribution is -0.140. The second-order valence-corrected chi connectivity index (χ2v) is 3.67. The van der Waals surface area contributed by atoms with E-state index < -0.39 is 23.9 Å². The van der Waals surface area contributed by atoms with Crippen LogP contribution in [0.2, 0.25) is 0 Å². The van der Waals surface area contributed by atoms with Gasteiger partial charge in [-0.25, -0.2) is 4.79 Å². The molecular formula is C10H13N3O5. The van der Waals surface area contributed by atoms with E-state index in [0.717, 1.165) is 0 Å². The molecule has 98 valence electrons. The Balaban J connectivity index is 2.63. The number of carboxylic acid groups (broad SMARTS) is 2. The van der Waals surface area contributed by atoms with Gasteiger partial charge >= 0.3 is 11.9 Å². The fourth-order valence-electron chi connectivity index (χ4n) is 1.29. The third-order valence-corrected chi connectivity index (χ3v) is 2.20. The third-order valence-electron chi connectivity index (χ3n) is 2.20. The molecule has 0 fully saturated rings. The molecular weight excluding hydrogens is 242 g/mol. The van der Waals surface area contributed by atoms with Gasteiger partial charge in [-0.3, -0.25) is 14.3 Å². The number of carbonyl (C=O) groups excluding carboxylic acids is 1. The molecule has 0 aliphatic carbocycles. The van der Waals surface area contributed by atoms with Gasteiger partial charge in [0.15, 0.2) is 0 Å². The standard InChI is InChI=1S/C10H13N3O5/c1-13-5-4-6(12-13)9(16)11-7(10(17)18)2-3-8(14)15/h4-5,7H,2-3H2,1H3,(H,11,16)(H,14,15)(H,17,18)/t7-/m0/s1. The molecule has 8 nitrogen and oxygen atoms in total. The monoisotopic (exact) mass is 255 g/mol. The van der Waals surface area contributed by atoms with Crippen molar-refractivity contribution in [1.29, 1.82) is 0 Å².